The van der Waals surface area contributed by atoms with E-state index in [0.717, 1.165) is 16.8 Å². The molecule has 0 aliphatic carbocycles. The van der Waals surface area contributed by atoms with Crippen LogP contribution in [0, 0.1) is 6.92 Å². The Morgan fingerprint density at radius 2 is 1.79 bits per heavy atom. The molecule has 2 aliphatic rings. The number of aryl methyl sites for hydroxylation is 1. The number of ether oxygens (including phenoxy) is 3. The van der Waals surface area contributed by atoms with Gasteiger partial charge in [0.15, 0.2) is 0 Å². The number of nitrogens with zero attached hydrogens (tertiary/aromatic N) is 1. The van der Waals surface area contributed by atoms with Crippen molar-refractivity contribution in [2.45, 2.75) is 19.3 Å². The lowest BCUT2D eigenvalue weighted by atomic mass is 9.83. The number of carbonyl (C=O) groups is 2. The number of anilines is 1. The summed E-state index contributed by atoms with van der Waals surface area (Å²) in [5.41, 5.74) is 3.73. The van der Waals surface area contributed by atoms with Crippen LogP contribution in [-0.4, -0.2) is 32.7 Å². The smallest absolute Gasteiger partial charge is 0.336 e. The van der Waals surface area contributed by atoms with Gasteiger partial charge in [0.2, 0.25) is 5.91 Å². The monoisotopic (exact) mass is 379 g/mol. The van der Waals surface area contributed by atoms with Crippen molar-refractivity contribution >= 4 is 17.6 Å². The number of hydrogen-bond acceptors (Lipinski definition) is 5. The first-order valence-corrected chi connectivity index (χ1v) is 9.05. The van der Waals surface area contributed by atoms with Gasteiger partial charge in [0.25, 0.3) is 0 Å². The minimum Gasteiger partial charge on any atom is -0.497 e. The number of methoxy groups -OCH3 is 2. The van der Waals surface area contributed by atoms with Crippen molar-refractivity contribution in [1.82, 2.24) is 0 Å². The van der Waals surface area contributed by atoms with Crippen LogP contribution in [0.5, 0.6) is 11.5 Å². The lowest BCUT2D eigenvalue weighted by Gasteiger charge is -2.32. The second kappa shape index (κ2) is 7.03. The van der Waals surface area contributed by atoms with Crippen molar-refractivity contribution in [2.24, 2.45) is 0 Å². The summed E-state index contributed by atoms with van der Waals surface area (Å²) in [5, 5.41) is 0. The maximum atomic E-state index is 13.1. The summed E-state index contributed by atoms with van der Waals surface area (Å²) >= 11 is 0. The van der Waals surface area contributed by atoms with Crippen LogP contribution < -0.4 is 14.4 Å². The highest BCUT2D eigenvalue weighted by molar-refractivity contribution is 6.06. The fraction of sp³-hybridized carbons (Fsp3) is 0.273. The first-order chi connectivity index (χ1) is 13.5. The molecule has 1 atom stereocenters. The van der Waals surface area contributed by atoms with E-state index in [2.05, 4.69) is 0 Å². The van der Waals surface area contributed by atoms with Crippen LogP contribution in [0.2, 0.25) is 0 Å². The molecule has 0 saturated carbocycles. The van der Waals surface area contributed by atoms with Crippen molar-refractivity contribution in [3.63, 3.8) is 0 Å². The maximum Gasteiger partial charge on any atom is 0.336 e. The highest BCUT2D eigenvalue weighted by atomic mass is 16.5. The summed E-state index contributed by atoms with van der Waals surface area (Å²) in [6, 6.07) is 13.1. The minimum atomic E-state index is -0.417. The molecule has 6 nitrogen and oxygen atoms in total. The summed E-state index contributed by atoms with van der Waals surface area (Å²) in [6.45, 7) is 2.07. The van der Waals surface area contributed by atoms with Gasteiger partial charge in [0.05, 0.1) is 25.5 Å². The Hall–Kier alpha value is -3.28. The predicted octanol–water partition coefficient (Wildman–Crippen LogP) is 3.34. The highest BCUT2D eigenvalue weighted by Gasteiger charge is 2.43. The number of cyclic esters (lactones) is 1. The second-order valence-electron chi connectivity index (χ2n) is 6.87. The number of rotatable bonds is 4. The van der Waals surface area contributed by atoms with Gasteiger partial charge in [-0.2, -0.15) is 0 Å². The molecule has 2 aromatic rings. The molecular formula is C22H21NO5. The van der Waals surface area contributed by atoms with Gasteiger partial charge in [-0.25, -0.2) is 4.79 Å². The van der Waals surface area contributed by atoms with E-state index in [-0.39, 0.29) is 24.9 Å². The molecule has 28 heavy (non-hydrogen) atoms. The molecule has 4 rings (SSSR count). The molecule has 6 heteroatoms. The third-order valence-electron chi connectivity index (χ3n) is 5.23. The van der Waals surface area contributed by atoms with Crippen molar-refractivity contribution < 1.29 is 23.8 Å². The molecule has 0 radical (unpaired) electrons. The van der Waals surface area contributed by atoms with Gasteiger partial charge in [-0.15, -0.1) is 0 Å². The largest absolute Gasteiger partial charge is 0.497 e. The van der Waals surface area contributed by atoms with E-state index >= 15 is 0 Å². The fourth-order valence-electron chi connectivity index (χ4n) is 3.82. The zero-order valence-electron chi connectivity index (χ0n) is 16.0. The van der Waals surface area contributed by atoms with Gasteiger partial charge in [0.1, 0.15) is 18.1 Å². The number of carbonyl (C=O) groups excluding carboxylic acids is 2. The molecule has 0 aromatic heterocycles. The molecule has 1 amide bonds. The zero-order chi connectivity index (χ0) is 19.8. The Balaban J connectivity index is 1.83. The van der Waals surface area contributed by atoms with E-state index in [4.69, 9.17) is 14.2 Å². The Morgan fingerprint density at radius 1 is 1.04 bits per heavy atom. The van der Waals surface area contributed by atoms with E-state index in [1.807, 2.05) is 37.3 Å². The lowest BCUT2D eigenvalue weighted by Crippen LogP contribution is -2.37. The normalized spacial score (nSPS) is 18.8. The molecule has 2 heterocycles. The van der Waals surface area contributed by atoms with Crippen LogP contribution in [0.15, 0.2) is 53.7 Å². The standard InChI is InChI=1S/C22H21NO5/c1-13-4-6-14(7-5-13)23-18-12-28-22(25)21(18)17(11-20(23)24)16-9-8-15(26-2)10-19(16)27-3/h4-10,17H,11-12H2,1-3H3. The molecule has 0 spiro atoms. The SMILES string of the molecule is COc1ccc(C2CC(=O)N(c3ccc(C)cc3)C3=C2C(=O)OC3)c(OC)c1. The van der Waals surface area contributed by atoms with Gasteiger partial charge in [-0.1, -0.05) is 23.8 Å². The minimum absolute atomic E-state index is 0.0798. The zero-order valence-corrected chi connectivity index (χ0v) is 16.0. The number of hydrogen-bond donors (Lipinski definition) is 0. The molecule has 0 fully saturated rings. The molecule has 2 aromatic carbocycles. The van der Waals surface area contributed by atoms with Crippen LogP contribution in [0.25, 0.3) is 0 Å². The lowest BCUT2D eigenvalue weighted by molar-refractivity contribution is -0.136. The van der Waals surface area contributed by atoms with Gasteiger partial charge in [-0.05, 0) is 25.1 Å². The van der Waals surface area contributed by atoms with Crippen molar-refractivity contribution in [3.8, 4) is 11.5 Å². The molecular weight excluding hydrogens is 358 g/mol. The number of esters is 1. The fourth-order valence-corrected chi connectivity index (χ4v) is 3.82. The highest BCUT2D eigenvalue weighted by Crippen LogP contribution is 2.45. The quantitative estimate of drug-likeness (QED) is 0.763. The van der Waals surface area contributed by atoms with E-state index < -0.39 is 5.92 Å². The van der Waals surface area contributed by atoms with Crippen LogP contribution in [0.1, 0.15) is 23.5 Å². The Kier molecular flexibility index (Phi) is 4.55. The average molecular weight is 379 g/mol. The first-order valence-electron chi connectivity index (χ1n) is 9.05. The van der Waals surface area contributed by atoms with E-state index in [1.165, 1.54) is 0 Å². The number of amides is 1. The van der Waals surface area contributed by atoms with Crippen LogP contribution in [0.4, 0.5) is 5.69 Å². The van der Waals surface area contributed by atoms with Crippen molar-refractivity contribution in [2.75, 3.05) is 25.7 Å². The summed E-state index contributed by atoms with van der Waals surface area (Å²) in [6.07, 6.45) is 0.157. The van der Waals surface area contributed by atoms with E-state index in [0.29, 0.717) is 22.8 Å². The van der Waals surface area contributed by atoms with Crippen LogP contribution >= 0.6 is 0 Å². The third kappa shape index (κ3) is 2.91. The summed E-state index contributed by atoms with van der Waals surface area (Å²) < 4.78 is 16.1. The molecule has 0 bridgehead atoms. The number of benzene rings is 2. The molecule has 1 unspecified atom stereocenters. The van der Waals surface area contributed by atoms with E-state index in [1.54, 1.807) is 31.3 Å². The van der Waals surface area contributed by atoms with E-state index in [9.17, 15) is 9.59 Å². The third-order valence-corrected chi connectivity index (χ3v) is 5.23. The average Bonchev–Trinajstić information content (AvgIpc) is 3.09. The predicted molar refractivity (Wildman–Crippen MR) is 104 cm³/mol. The summed E-state index contributed by atoms with van der Waals surface area (Å²) in [7, 11) is 3.14. The Morgan fingerprint density at radius 3 is 2.46 bits per heavy atom. The topological polar surface area (TPSA) is 65.1 Å². The first kappa shape index (κ1) is 18.1. The van der Waals surface area contributed by atoms with Crippen LogP contribution in [0.3, 0.4) is 0 Å². The summed E-state index contributed by atoms with van der Waals surface area (Å²) in [4.78, 5) is 27.3. The summed E-state index contributed by atoms with van der Waals surface area (Å²) in [5.74, 6) is 0.339. The Labute approximate surface area is 163 Å². The molecule has 0 saturated heterocycles. The van der Waals surface area contributed by atoms with Gasteiger partial charge < -0.3 is 14.2 Å². The van der Waals surface area contributed by atoms with Crippen LogP contribution in [-0.2, 0) is 14.3 Å². The van der Waals surface area contributed by atoms with Crippen molar-refractivity contribution in [3.05, 3.63) is 64.9 Å². The maximum absolute atomic E-state index is 13.1. The molecule has 144 valence electrons. The molecule has 0 N–H and O–H groups in total. The second-order valence-corrected chi connectivity index (χ2v) is 6.87. The van der Waals surface area contributed by atoms with Gasteiger partial charge in [0, 0.05) is 29.7 Å². The van der Waals surface area contributed by atoms with Crippen molar-refractivity contribution in [1.29, 1.82) is 0 Å². The molecule has 2 aliphatic heterocycles. The Bertz CT molecular complexity index is 977. The van der Waals surface area contributed by atoms with Gasteiger partial charge in [-0.3, -0.25) is 9.69 Å². The van der Waals surface area contributed by atoms with Gasteiger partial charge >= 0.3 is 5.97 Å².